The quantitative estimate of drug-likeness (QED) is 0.450. The summed E-state index contributed by atoms with van der Waals surface area (Å²) in [4.78, 5) is 47.7. The van der Waals surface area contributed by atoms with Crippen molar-refractivity contribution in [2.75, 3.05) is 13.1 Å². The second-order valence-electron chi connectivity index (χ2n) is 9.40. The topological polar surface area (TPSA) is 138 Å². The maximum Gasteiger partial charge on any atom is 0.270 e. The van der Waals surface area contributed by atoms with E-state index in [9.17, 15) is 22.8 Å². The third kappa shape index (κ3) is 6.05. The molecule has 1 aliphatic heterocycles. The lowest BCUT2D eigenvalue weighted by atomic mass is 9.97. The highest BCUT2D eigenvalue weighted by molar-refractivity contribution is 7.89. The first kappa shape index (κ1) is 27.3. The SMILES string of the molecule is CC[C@@H](C)[C@H](NC(=O)c1ccc2ccccc2n1)C(=O)NC1CCCN(S(=O)(=O)c2ccccn2)CC1=O. The maximum atomic E-state index is 13.3. The van der Waals surface area contributed by atoms with E-state index in [0.717, 1.165) is 9.69 Å². The highest BCUT2D eigenvalue weighted by Crippen LogP contribution is 2.19. The van der Waals surface area contributed by atoms with Gasteiger partial charge in [0.25, 0.3) is 15.9 Å². The van der Waals surface area contributed by atoms with Gasteiger partial charge in [0.15, 0.2) is 10.8 Å². The predicted molar refractivity (Wildman–Crippen MR) is 142 cm³/mol. The number of hydrogen-bond acceptors (Lipinski definition) is 7. The molecule has 4 rings (SSSR count). The number of carbonyl (C=O) groups is 3. The number of fused-ring (bicyclic) bond motifs is 1. The fourth-order valence-corrected chi connectivity index (χ4v) is 5.73. The van der Waals surface area contributed by atoms with Gasteiger partial charge in [-0.3, -0.25) is 14.4 Å². The van der Waals surface area contributed by atoms with Gasteiger partial charge in [0.05, 0.1) is 18.1 Å². The number of hydrogen-bond donors (Lipinski definition) is 2. The smallest absolute Gasteiger partial charge is 0.270 e. The normalized spacial score (nSPS) is 18.4. The van der Waals surface area contributed by atoms with E-state index in [2.05, 4.69) is 20.6 Å². The minimum Gasteiger partial charge on any atom is -0.344 e. The van der Waals surface area contributed by atoms with E-state index in [-0.39, 0.29) is 36.1 Å². The first-order valence-electron chi connectivity index (χ1n) is 12.6. The molecule has 2 N–H and O–H groups in total. The molecule has 0 spiro atoms. The Bertz CT molecular complexity index is 1430. The molecule has 2 amide bonds. The molecule has 1 unspecified atom stereocenters. The predicted octanol–water partition coefficient (Wildman–Crippen LogP) is 2.31. The zero-order valence-corrected chi connectivity index (χ0v) is 22.1. The summed E-state index contributed by atoms with van der Waals surface area (Å²) >= 11 is 0. The van der Waals surface area contributed by atoms with Crippen LogP contribution in [0.2, 0.25) is 0 Å². The third-order valence-corrected chi connectivity index (χ3v) is 8.55. The number of para-hydroxylation sites is 1. The molecule has 1 aliphatic rings. The molecular weight excluding hydrogens is 506 g/mol. The first-order chi connectivity index (χ1) is 18.2. The maximum absolute atomic E-state index is 13.3. The molecule has 0 aliphatic carbocycles. The summed E-state index contributed by atoms with van der Waals surface area (Å²) < 4.78 is 27.0. The summed E-state index contributed by atoms with van der Waals surface area (Å²) in [5.74, 6) is -1.62. The summed E-state index contributed by atoms with van der Waals surface area (Å²) in [5.41, 5.74) is 0.852. The molecule has 0 bridgehead atoms. The summed E-state index contributed by atoms with van der Waals surface area (Å²) in [5, 5.41) is 6.31. The second-order valence-corrected chi connectivity index (χ2v) is 11.3. The number of Topliss-reactive ketones (excluding diaryl/α,β-unsaturated/α-hetero) is 1. The Morgan fingerprint density at radius 3 is 2.61 bits per heavy atom. The Labute approximate surface area is 221 Å². The van der Waals surface area contributed by atoms with Gasteiger partial charge in [0.1, 0.15) is 11.7 Å². The Morgan fingerprint density at radius 2 is 1.87 bits per heavy atom. The van der Waals surface area contributed by atoms with Crippen molar-refractivity contribution < 1.29 is 22.8 Å². The van der Waals surface area contributed by atoms with Gasteiger partial charge >= 0.3 is 0 Å². The van der Waals surface area contributed by atoms with Crippen molar-refractivity contribution in [1.82, 2.24) is 24.9 Å². The molecule has 1 saturated heterocycles. The van der Waals surface area contributed by atoms with Crippen molar-refractivity contribution in [2.24, 2.45) is 5.92 Å². The van der Waals surface area contributed by atoms with Crippen LogP contribution in [-0.4, -0.2) is 65.5 Å². The van der Waals surface area contributed by atoms with Crippen molar-refractivity contribution in [3.63, 3.8) is 0 Å². The van der Waals surface area contributed by atoms with E-state index >= 15 is 0 Å². The van der Waals surface area contributed by atoms with Crippen LogP contribution in [0.1, 0.15) is 43.6 Å². The molecule has 3 heterocycles. The van der Waals surface area contributed by atoms with E-state index in [1.54, 1.807) is 30.3 Å². The van der Waals surface area contributed by atoms with Gasteiger partial charge in [0.2, 0.25) is 5.91 Å². The molecule has 0 saturated carbocycles. The molecule has 3 atom stereocenters. The van der Waals surface area contributed by atoms with Crippen LogP contribution >= 0.6 is 0 Å². The number of benzene rings is 1. The van der Waals surface area contributed by atoms with E-state index < -0.39 is 39.7 Å². The number of ketones is 1. The number of amides is 2. The average Bonchev–Trinajstić information content (AvgIpc) is 3.12. The largest absolute Gasteiger partial charge is 0.344 e. The van der Waals surface area contributed by atoms with Crippen molar-refractivity contribution in [3.05, 3.63) is 66.5 Å². The number of sulfonamides is 1. The fourth-order valence-electron chi connectivity index (χ4n) is 4.36. The fraction of sp³-hybridized carbons (Fsp3) is 0.370. The molecule has 11 heteroatoms. The van der Waals surface area contributed by atoms with Crippen molar-refractivity contribution in [2.45, 2.75) is 50.2 Å². The molecule has 0 radical (unpaired) electrons. The van der Waals surface area contributed by atoms with Gasteiger partial charge in [-0.25, -0.2) is 18.4 Å². The summed E-state index contributed by atoms with van der Waals surface area (Å²) in [6, 6.07) is 13.6. The number of aromatic nitrogens is 2. The molecule has 2 aromatic heterocycles. The van der Waals surface area contributed by atoms with E-state index in [0.29, 0.717) is 18.4 Å². The molecular formula is C27H31N5O5S. The number of nitrogens with one attached hydrogen (secondary N) is 2. The van der Waals surface area contributed by atoms with Crippen molar-refractivity contribution >= 4 is 38.5 Å². The standard InChI is InChI=1S/C27H31N5O5S/c1-3-18(2)25(31-26(34)22-14-13-19-9-4-5-10-20(19)29-22)27(35)30-21-11-8-16-32(17-23(21)33)38(36,37)24-12-6-7-15-28-24/h4-7,9-10,12-15,18,21,25H,3,8,11,16-17H2,1-2H3,(H,30,35)(H,31,34)/t18-,21?,25+/m1/s1. The summed E-state index contributed by atoms with van der Waals surface area (Å²) in [7, 11) is -3.94. The van der Waals surface area contributed by atoms with Gasteiger partial charge in [-0.1, -0.05) is 50.6 Å². The minimum absolute atomic E-state index is 0.128. The zero-order chi connectivity index (χ0) is 27.3. The van der Waals surface area contributed by atoms with Crippen LogP contribution < -0.4 is 10.6 Å². The van der Waals surface area contributed by atoms with Crippen LogP contribution in [-0.2, 0) is 19.6 Å². The number of nitrogens with zero attached hydrogens (tertiary/aromatic N) is 3. The molecule has 1 aromatic carbocycles. The van der Waals surface area contributed by atoms with Gasteiger partial charge in [-0.05, 0) is 43.0 Å². The van der Waals surface area contributed by atoms with Crippen molar-refractivity contribution in [1.29, 1.82) is 0 Å². The van der Waals surface area contributed by atoms with Crippen LogP contribution in [0.15, 0.2) is 65.8 Å². The Balaban J connectivity index is 1.45. The summed E-state index contributed by atoms with van der Waals surface area (Å²) in [6.45, 7) is 3.51. The van der Waals surface area contributed by atoms with Crippen LogP contribution in [0, 0.1) is 5.92 Å². The van der Waals surface area contributed by atoms with Crippen LogP contribution in [0.3, 0.4) is 0 Å². The first-order valence-corrected chi connectivity index (χ1v) is 14.1. The van der Waals surface area contributed by atoms with Crippen LogP contribution in [0.5, 0.6) is 0 Å². The van der Waals surface area contributed by atoms with Gasteiger partial charge in [-0.2, -0.15) is 4.31 Å². The van der Waals surface area contributed by atoms with Gasteiger partial charge < -0.3 is 10.6 Å². The number of carbonyl (C=O) groups excluding carboxylic acids is 3. The van der Waals surface area contributed by atoms with E-state index in [1.807, 2.05) is 32.0 Å². The van der Waals surface area contributed by atoms with Gasteiger partial charge in [0, 0.05) is 18.1 Å². The lowest BCUT2D eigenvalue weighted by molar-refractivity contribution is -0.129. The number of pyridine rings is 2. The highest BCUT2D eigenvalue weighted by Gasteiger charge is 2.35. The highest BCUT2D eigenvalue weighted by atomic mass is 32.2. The van der Waals surface area contributed by atoms with E-state index in [1.165, 1.54) is 12.3 Å². The molecule has 10 nitrogen and oxygen atoms in total. The minimum atomic E-state index is -3.94. The molecule has 3 aromatic rings. The van der Waals surface area contributed by atoms with Crippen LogP contribution in [0.25, 0.3) is 10.9 Å². The van der Waals surface area contributed by atoms with E-state index in [4.69, 9.17) is 0 Å². The van der Waals surface area contributed by atoms with Gasteiger partial charge in [-0.15, -0.1) is 0 Å². The Hall–Kier alpha value is -3.70. The molecule has 200 valence electrons. The summed E-state index contributed by atoms with van der Waals surface area (Å²) in [6.07, 6.45) is 2.65. The molecule has 38 heavy (non-hydrogen) atoms. The Kier molecular flexibility index (Phi) is 8.48. The van der Waals surface area contributed by atoms with Crippen molar-refractivity contribution in [3.8, 4) is 0 Å². The third-order valence-electron chi connectivity index (χ3n) is 6.79. The molecule has 1 fully saturated rings. The van der Waals surface area contributed by atoms with Crippen LogP contribution in [0.4, 0.5) is 0 Å². The Morgan fingerprint density at radius 1 is 1.11 bits per heavy atom. The zero-order valence-electron chi connectivity index (χ0n) is 21.3. The lowest BCUT2D eigenvalue weighted by Crippen LogP contribution is -2.54. The number of rotatable bonds is 8. The average molecular weight is 538 g/mol. The monoisotopic (exact) mass is 537 g/mol. The second kappa shape index (κ2) is 11.8. The lowest BCUT2D eigenvalue weighted by Gasteiger charge is -2.26.